The highest BCUT2D eigenvalue weighted by Gasteiger charge is 2.32. The minimum atomic E-state index is -4.83. The van der Waals surface area contributed by atoms with E-state index >= 15 is 0 Å². The minimum absolute atomic E-state index is 0. The minimum Gasteiger partial charge on any atom is -0.405 e. The highest BCUT2D eigenvalue weighted by atomic mass is 35.5. The SMILES string of the molecule is Cl.NC(=O)CC(N)C(=O)NCc1ccccc1OC(F)(F)F. The Labute approximate surface area is 130 Å². The average molecular weight is 342 g/mol. The highest BCUT2D eigenvalue weighted by Crippen LogP contribution is 2.26. The quantitative estimate of drug-likeness (QED) is 0.712. The topological polar surface area (TPSA) is 107 Å². The van der Waals surface area contributed by atoms with Gasteiger partial charge in [-0.25, -0.2) is 0 Å². The molecular formula is C12H15ClF3N3O3. The van der Waals surface area contributed by atoms with Gasteiger partial charge in [0.05, 0.1) is 12.5 Å². The lowest BCUT2D eigenvalue weighted by molar-refractivity contribution is -0.274. The van der Waals surface area contributed by atoms with Crippen LogP contribution in [0.2, 0.25) is 0 Å². The van der Waals surface area contributed by atoms with E-state index in [-0.39, 0.29) is 30.9 Å². The van der Waals surface area contributed by atoms with Crippen LogP contribution in [0.3, 0.4) is 0 Å². The van der Waals surface area contributed by atoms with E-state index in [1.54, 1.807) is 0 Å². The number of nitrogens with two attached hydrogens (primary N) is 2. The van der Waals surface area contributed by atoms with Crippen LogP contribution in [0.4, 0.5) is 13.2 Å². The van der Waals surface area contributed by atoms with E-state index in [2.05, 4.69) is 10.1 Å². The molecule has 1 unspecified atom stereocenters. The number of rotatable bonds is 6. The summed E-state index contributed by atoms with van der Waals surface area (Å²) in [7, 11) is 0. The maximum absolute atomic E-state index is 12.2. The Morgan fingerprint density at radius 1 is 1.27 bits per heavy atom. The van der Waals surface area contributed by atoms with Crippen LogP contribution >= 0.6 is 12.4 Å². The normalized spacial score (nSPS) is 12.0. The Bertz CT molecular complexity index is 526. The number of halogens is 4. The summed E-state index contributed by atoms with van der Waals surface area (Å²) in [5.74, 6) is -1.87. The summed E-state index contributed by atoms with van der Waals surface area (Å²) in [6.07, 6.45) is -5.19. The summed E-state index contributed by atoms with van der Waals surface area (Å²) in [5, 5.41) is 2.31. The standard InChI is InChI=1S/C12H14F3N3O3.ClH/c13-12(14,15)21-9-4-2-1-3-7(9)6-18-11(20)8(16)5-10(17)19;/h1-4,8H,5-6,16H2,(H2,17,19)(H,18,20);1H. The van der Waals surface area contributed by atoms with Gasteiger partial charge in [-0.2, -0.15) is 0 Å². The lowest BCUT2D eigenvalue weighted by Gasteiger charge is -2.15. The van der Waals surface area contributed by atoms with E-state index in [4.69, 9.17) is 11.5 Å². The second-order valence-electron chi connectivity index (χ2n) is 4.15. The van der Waals surface area contributed by atoms with Crippen molar-refractivity contribution in [3.8, 4) is 5.75 Å². The summed E-state index contributed by atoms with van der Waals surface area (Å²) in [5.41, 5.74) is 10.4. The average Bonchev–Trinajstić information content (AvgIpc) is 2.34. The lowest BCUT2D eigenvalue weighted by Crippen LogP contribution is -2.42. The summed E-state index contributed by atoms with van der Waals surface area (Å²) in [6.45, 7) is -0.225. The number of hydrogen-bond acceptors (Lipinski definition) is 4. The molecule has 0 aliphatic carbocycles. The molecule has 0 heterocycles. The maximum Gasteiger partial charge on any atom is 0.573 e. The molecule has 0 spiro atoms. The largest absolute Gasteiger partial charge is 0.573 e. The van der Waals surface area contributed by atoms with Crippen molar-refractivity contribution in [2.24, 2.45) is 11.5 Å². The number of alkyl halides is 3. The fourth-order valence-electron chi connectivity index (χ4n) is 1.50. The van der Waals surface area contributed by atoms with Gasteiger partial charge < -0.3 is 21.5 Å². The van der Waals surface area contributed by atoms with E-state index in [1.165, 1.54) is 18.2 Å². The molecule has 0 bridgehead atoms. The number of nitrogens with one attached hydrogen (secondary N) is 1. The molecule has 5 N–H and O–H groups in total. The first kappa shape index (κ1) is 20.0. The van der Waals surface area contributed by atoms with Crippen LogP contribution in [-0.4, -0.2) is 24.2 Å². The van der Waals surface area contributed by atoms with Gasteiger partial charge >= 0.3 is 6.36 Å². The fraction of sp³-hybridized carbons (Fsp3) is 0.333. The smallest absolute Gasteiger partial charge is 0.405 e. The molecule has 0 aliphatic rings. The molecule has 124 valence electrons. The zero-order valence-electron chi connectivity index (χ0n) is 11.2. The summed E-state index contributed by atoms with van der Waals surface area (Å²) in [4.78, 5) is 22.2. The van der Waals surface area contributed by atoms with Crippen molar-refractivity contribution in [1.82, 2.24) is 5.32 Å². The number of carbonyl (C=O) groups is 2. The zero-order valence-corrected chi connectivity index (χ0v) is 12.0. The Balaban J connectivity index is 0.00000441. The van der Waals surface area contributed by atoms with Gasteiger partial charge in [-0.3, -0.25) is 9.59 Å². The molecule has 22 heavy (non-hydrogen) atoms. The van der Waals surface area contributed by atoms with Crippen molar-refractivity contribution in [3.63, 3.8) is 0 Å². The van der Waals surface area contributed by atoms with Gasteiger partial charge in [-0.15, -0.1) is 25.6 Å². The molecule has 1 rings (SSSR count). The molecule has 6 nitrogen and oxygen atoms in total. The highest BCUT2D eigenvalue weighted by molar-refractivity contribution is 5.87. The van der Waals surface area contributed by atoms with Crippen molar-refractivity contribution in [3.05, 3.63) is 29.8 Å². The van der Waals surface area contributed by atoms with Crippen LogP contribution in [0.1, 0.15) is 12.0 Å². The third-order valence-corrected chi connectivity index (χ3v) is 2.41. The molecule has 0 saturated carbocycles. The molecule has 0 aromatic heterocycles. The van der Waals surface area contributed by atoms with Gasteiger partial charge in [0.15, 0.2) is 0 Å². The molecule has 2 amide bonds. The second-order valence-corrected chi connectivity index (χ2v) is 4.15. The summed E-state index contributed by atoms with van der Waals surface area (Å²) in [6, 6.07) is 4.19. The molecule has 1 atom stereocenters. The van der Waals surface area contributed by atoms with E-state index in [0.717, 1.165) is 6.07 Å². The van der Waals surface area contributed by atoms with E-state index in [1.807, 2.05) is 0 Å². The number of ether oxygens (including phenoxy) is 1. The van der Waals surface area contributed by atoms with Gasteiger partial charge in [-0.1, -0.05) is 18.2 Å². The Hall–Kier alpha value is -2.00. The first-order valence-electron chi connectivity index (χ1n) is 5.84. The molecule has 0 fully saturated rings. The van der Waals surface area contributed by atoms with E-state index in [0.29, 0.717) is 0 Å². The van der Waals surface area contributed by atoms with E-state index < -0.39 is 30.0 Å². The molecule has 1 aromatic carbocycles. The van der Waals surface area contributed by atoms with Gasteiger partial charge in [-0.05, 0) is 6.07 Å². The fourth-order valence-corrected chi connectivity index (χ4v) is 1.50. The number of amides is 2. The van der Waals surface area contributed by atoms with Crippen LogP contribution in [0.5, 0.6) is 5.75 Å². The Morgan fingerprint density at radius 3 is 2.41 bits per heavy atom. The van der Waals surface area contributed by atoms with Crippen molar-refractivity contribution in [2.45, 2.75) is 25.4 Å². The van der Waals surface area contributed by atoms with Crippen LogP contribution in [0.15, 0.2) is 24.3 Å². The predicted octanol–water partition coefficient (Wildman–Crippen LogP) is 0.826. The van der Waals surface area contributed by atoms with Gasteiger partial charge in [0.1, 0.15) is 5.75 Å². The summed E-state index contributed by atoms with van der Waals surface area (Å²) < 4.78 is 40.5. The van der Waals surface area contributed by atoms with Crippen molar-refractivity contribution >= 4 is 24.2 Å². The summed E-state index contributed by atoms with van der Waals surface area (Å²) >= 11 is 0. The molecule has 0 saturated heterocycles. The maximum atomic E-state index is 12.2. The van der Waals surface area contributed by atoms with Crippen LogP contribution in [0, 0.1) is 0 Å². The van der Waals surface area contributed by atoms with E-state index in [9.17, 15) is 22.8 Å². The van der Waals surface area contributed by atoms with Crippen molar-refractivity contribution in [1.29, 1.82) is 0 Å². The predicted molar refractivity (Wildman–Crippen MR) is 74.0 cm³/mol. The molecule has 0 aliphatic heterocycles. The first-order chi connectivity index (χ1) is 9.69. The van der Waals surface area contributed by atoms with Crippen LogP contribution in [-0.2, 0) is 16.1 Å². The molecular weight excluding hydrogens is 327 g/mol. The number of primary amides is 1. The third-order valence-electron chi connectivity index (χ3n) is 2.41. The number of para-hydroxylation sites is 1. The zero-order chi connectivity index (χ0) is 16.0. The molecule has 0 radical (unpaired) electrons. The van der Waals surface area contributed by atoms with Crippen LogP contribution < -0.4 is 21.5 Å². The van der Waals surface area contributed by atoms with Crippen molar-refractivity contribution < 1.29 is 27.5 Å². The number of hydrogen-bond donors (Lipinski definition) is 3. The number of carbonyl (C=O) groups excluding carboxylic acids is 2. The van der Waals surface area contributed by atoms with Gasteiger partial charge in [0, 0.05) is 12.1 Å². The molecule has 1 aromatic rings. The molecule has 10 heteroatoms. The first-order valence-corrected chi connectivity index (χ1v) is 5.84. The van der Waals surface area contributed by atoms with Crippen LogP contribution in [0.25, 0.3) is 0 Å². The Kier molecular flexibility index (Phi) is 7.68. The Morgan fingerprint density at radius 2 is 1.86 bits per heavy atom. The van der Waals surface area contributed by atoms with Crippen molar-refractivity contribution in [2.75, 3.05) is 0 Å². The van der Waals surface area contributed by atoms with Gasteiger partial charge in [0.25, 0.3) is 0 Å². The number of benzene rings is 1. The van der Waals surface area contributed by atoms with Gasteiger partial charge in [0.2, 0.25) is 11.8 Å². The lowest BCUT2D eigenvalue weighted by atomic mass is 10.1. The monoisotopic (exact) mass is 341 g/mol. The second kappa shape index (κ2) is 8.44. The third kappa shape index (κ3) is 7.14.